The number of amides is 1. The van der Waals surface area contributed by atoms with E-state index in [2.05, 4.69) is 5.10 Å². The van der Waals surface area contributed by atoms with Crippen LogP contribution < -0.4 is 9.47 Å². The summed E-state index contributed by atoms with van der Waals surface area (Å²) < 4.78 is 12.4. The maximum Gasteiger partial charge on any atom is 0.257 e. The maximum atomic E-state index is 13.4. The van der Waals surface area contributed by atoms with Gasteiger partial charge in [-0.15, -0.1) is 0 Å². The predicted molar refractivity (Wildman–Crippen MR) is 137 cm³/mol. The average Bonchev–Trinajstić information content (AvgIpc) is 3.34. The summed E-state index contributed by atoms with van der Waals surface area (Å²) in [5, 5.41) is 25.7. The number of rotatable bonds is 7. The molecule has 3 aromatic carbocycles. The fourth-order valence-corrected chi connectivity index (χ4v) is 4.18. The number of nitrogens with zero attached hydrogens (tertiary/aromatic N) is 3. The number of ether oxygens (including phenoxy) is 2. The summed E-state index contributed by atoms with van der Waals surface area (Å²) in [6.07, 6.45) is 1.63. The van der Waals surface area contributed by atoms with Gasteiger partial charge in [-0.2, -0.15) is 5.10 Å². The standard InChI is InChI=1S/C28H29N3O5/c1-17-8-6-7-9-22(17)31-23(10-11-29-31)20-14-21(25(33)15-24(20)32)28(34)30(3)16-19-13-27(36-5)26(35-4)12-18(19)2/h6-15,32-33H,16H2,1-5H3. The molecule has 2 N–H and O–H groups in total. The highest BCUT2D eigenvalue weighted by molar-refractivity contribution is 5.98. The third-order valence-corrected chi connectivity index (χ3v) is 6.20. The molecular weight excluding hydrogens is 458 g/mol. The molecule has 1 heterocycles. The third kappa shape index (κ3) is 4.57. The van der Waals surface area contributed by atoms with Gasteiger partial charge in [0.05, 0.1) is 37.4 Å². The predicted octanol–water partition coefficient (Wildman–Crippen LogP) is 4.86. The molecule has 4 aromatic rings. The Labute approximate surface area is 210 Å². The number of aromatic nitrogens is 2. The summed E-state index contributed by atoms with van der Waals surface area (Å²) in [4.78, 5) is 14.9. The molecule has 0 unspecified atom stereocenters. The molecule has 1 amide bonds. The molecule has 0 aliphatic carbocycles. The van der Waals surface area contributed by atoms with Gasteiger partial charge >= 0.3 is 0 Å². The third-order valence-electron chi connectivity index (χ3n) is 6.20. The van der Waals surface area contributed by atoms with Gasteiger partial charge in [-0.05, 0) is 60.9 Å². The van der Waals surface area contributed by atoms with Crippen molar-refractivity contribution in [1.29, 1.82) is 0 Å². The van der Waals surface area contributed by atoms with Gasteiger partial charge in [0.25, 0.3) is 5.91 Å². The smallest absolute Gasteiger partial charge is 0.257 e. The molecule has 8 nitrogen and oxygen atoms in total. The first-order valence-electron chi connectivity index (χ1n) is 11.4. The Hall–Kier alpha value is -4.46. The highest BCUT2D eigenvalue weighted by atomic mass is 16.5. The van der Waals surface area contributed by atoms with Crippen molar-refractivity contribution in [3.05, 3.63) is 83.0 Å². The highest BCUT2D eigenvalue weighted by Crippen LogP contribution is 2.37. The number of methoxy groups -OCH3 is 2. The SMILES string of the molecule is COc1cc(C)c(CN(C)C(=O)c2cc(-c3ccnn3-c3ccccc3C)c(O)cc2O)cc1OC. The molecule has 36 heavy (non-hydrogen) atoms. The van der Waals surface area contributed by atoms with Gasteiger partial charge in [-0.25, -0.2) is 4.68 Å². The number of aryl methyl sites for hydroxylation is 2. The molecule has 0 radical (unpaired) electrons. The second-order valence-corrected chi connectivity index (χ2v) is 8.60. The van der Waals surface area contributed by atoms with Crippen molar-refractivity contribution in [3.8, 4) is 39.9 Å². The lowest BCUT2D eigenvalue weighted by Crippen LogP contribution is -2.26. The Bertz CT molecular complexity index is 1430. The van der Waals surface area contributed by atoms with E-state index >= 15 is 0 Å². The minimum atomic E-state index is -0.398. The van der Waals surface area contributed by atoms with E-state index in [-0.39, 0.29) is 23.6 Å². The lowest BCUT2D eigenvalue weighted by atomic mass is 10.0. The van der Waals surface area contributed by atoms with Gasteiger partial charge in [0.2, 0.25) is 0 Å². The fourth-order valence-electron chi connectivity index (χ4n) is 4.18. The highest BCUT2D eigenvalue weighted by Gasteiger charge is 2.22. The van der Waals surface area contributed by atoms with Crippen LogP contribution in [0.3, 0.4) is 0 Å². The van der Waals surface area contributed by atoms with E-state index in [0.717, 1.165) is 22.4 Å². The number of hydrogen-bond donors (Lipinski definition) is 2. The van der Waals surface area contributed by atoms with Crippen LogP contribution in [-0.2, 0) is 6.54 Å². The van der Waals surface area contributed by atoms with E-state index in [0.29, 0.717) is 22.8 Å². The molecule has 0 bridgehead atoms. The van der Waals surface area contributed by atoms with Crippen LogP contribution in [0.25, 0.3) is 16.9 Å². The molecule has 0 saturated carbocycles. The Balaban J connectivity index is 1.69. The van der Waals surface area contributed by atoms with Crippen LogP contribution in [0.15, 0.2) is 60.8 Å². The minimum Gasteiger partial charge on any atom is -0.507 e. The normalized spacial score (nSPS) is 10.8. The van der Waals surface area contributed by atoms with Crippen molar-refractivity contribution in [2.45, 2.75) is 20.4 Å². The topological polar surface area (TPSA) is 97.1 Å². The second-order valence-electron chi connectivity index (χ2n) is 8.60. The molecule has 0 spiro atoms. The molecule has 0 saturated heterocycles. The zero-order chi connectivity index (χ0) is 26.0. The van der Waals surface area contributed by atoms with Gasteiger partial charge in [0, 0.05) is 25.2 Å². The summed E-state index contributed by atoms with van der Waals surface area (Å²) in [5.41, 5.74) is 4.70. The summed E-state index contributed by atoms with van der Waals surface area (Å²) in [5.74, 6) is 0.318. The van der Waals surface area contributed by atoms with Crippen LogP contribution in [-0.4, -0.2) is 52.1 Å². The van der Waals surface area contributed by atoms with Gasteiger partial charge < -0.3 is 24.6 Å². The van der Waals surface area contributed by atoms with Crippen LogP contribution in [0.4, 0.5) is 0 Å². The number of para-hydroxylation sites is 1. The number of carbonyl (C=O) groups is 1. The summed E-state index contributed by atoms with van der Waals surface area (Å²) >= 11 is 0. The number of phenolic OH excluding ortho intramolecular Hbond substituents is 2. The van der Waals surface area contributed by atoms with Crippen LogP contribution in [0.2, 0.25) is 0 Å². The lowest BCUT2D eigenvalue weighted by molar-refractivity contribution is 0.0782. The van der Waals surface area contributed by atoms with Crippen LogP contribution in [0.5, 0.6) is 23.0 Å². The Morgan fingerprint density at radius 2 is 1.64 bits per heavy atom. The van der Waals surface area contributed by atoms with E-state index in [1.165, 1.54) is 17.0 Å². The molecule has 0 atom stereocenters. The van der Waals surface area contributed by atoms with E-state index in [1.807, 2.05) is 50.2 Å². The monoisotopic (exact) mass is 487 g/mol. The molecule has 4 rings (SSSR count). The molecule has 8 heteroatoms. The Kier molecular flexibility index (Phi) is 6.87. The van der Waals surface area contributed by atoms with E-state index in [9.17, 15) is 15.0 Å². The molecule has 0 aliphatic rings. The van der Waals surface area contributed by atoms with Crippen LogP contribution in [0.1, 0.15) is 27.0 Å². The number of carbonyl (C=O) groups excluding carboxylic acids is 1. The van der Waals surface area contributed by atoms with Crippen molar-refractivity contribution in [3.63, 3.8) is 0 Å². The first-order chi connectivity index (χ1) is 17.2. The summed E-state index contributed by atoms with van der Waals surface area (Å²) in [6.45, 7) is 4.18. The van der Waals surface area contributed by atoms with Crippen molar-refractivity contribution in [2.75, 3.05) is 21.3 Å². The number of benzene rings is 3. The van der Waals surface area contributed by atoms with Crippen molar-refractivity contribution >= 4 is 5.91 Å². The Morgan fingerprint density at radius 3 is 2.33 bits per heavy atom. The van der Waals surface area contributed by atoms with Gasteiger partial charge in [-0.3, -0.25) is 4.79 Å². The second kappa shape index (κ2) is 10.0. The molecule has 1 aromatic heterocycles. The summed E-state index contributed by atoms with van der Waals surface area (Å²) in [7, 11) is 4.79. The largest absolute Gasteiger partial charge is 0.507 e. The summed E-state index contributed by atoms with van der Waals surface area (Å²) in [6, 6.07) is 15.9. The quantitative estimate of drug-likeness (QED) is 0.387. The minimum absolute atomic E-state index is 0.0703. The molecule has 0 aliphatic heterocycles. The zero-order valence-corrected chi connectivity index (χ0v) is 20.9. The Morgan fingerprint density at radius 1 is 0.944 bits per heavy atom. The van der Waals surface area contributed by atoms with Crippen LogP contribution in [0, 0.1) is 13.8 Å². The number of hydrogen-bond acceptors (Lipinski definition) is 6. The van der Waals surface area contributed by atoms with E-state index < -0.39 is 5.91 Å². The van der Waals surface area contributed by atoms with E-state index in [4.69, 9.17) is 9.47 Å². The van der Waals surface area contributed by atoms with Gasteiger partial charge in [-0.1, -0.05) is 18.2 Å². The average molecular weight is 488 g/mol. The first kappa shape index (κ1) is 24.7. The maximum absolute atomic E-state index is 13.4. The molecule has 0 fully saturated rings. The van der Waals surface area contributed by atoms with Gasteiger partial charge in [0.15, 0.2) is 11.5 Å². The van der Waals surface area contributed by atoms with Crippen molar-refractivity contribution < 1.29 is 24.5 Å². The van der Waals surface area contributed by atoms with Crippen molar-refractivity contribution in [1.82, 2.24) is 14.7 Å². The van der Waals surface area contributed by atoms with Crippen LogP contribution >= 0.6 is 0 Å². The van der Waals surface area contributed by atoms with E-state index in [1.54, 1.807) is 38.2 Å². The first-order valence-corrected chi connectivity index (χ1v) is 11.4. The number of aromatic hydroxyl groups is 2. The lowest BCUT2D eigenvalue weighted by Gasteiger charge is -2.21. The molecular formula is C28H29N3O5. The fraction of sp³-hybridized carbons (Fsp3) is 0.214. The molecule has 186 valence electrons. The number of phenols is 2. The van der Waals surface area contributed by atoms with Gasteiger partial charge in [0.1, 0.15) is 11.5 Å². The van der Waals surface area contributed by atoms with Crippen molar-refractivity contribution in [2.24, 2.45) is 0 Å². The zero-order valence-electron chi connectivity index (χ0n) is 20.9.